The molecule has 3 nitrogen and oxygen atoms in total. The van der Waals surface area contributed by atoms with Crippen LogP contribution in [0.15, 0.2) is 22.8 Å². The molecule has 2 heterocycles. The molecule has 1 aromatic heterocycles. The Bertz CT molecular complexity index is 263. The molecule has 4 heteroatoms. The quantitative estimate of drug-likeness (QED) is 0.719. The summed E-state index contributed by atoms with van der Waals surface area (Å²) in [7, 11) is 0. The van der Waals surface area contributed by atoms with Gasteiger partial charge in [-0.15, -0.1) is 11.8 Å². The van der Waals surface area contributed by atoms with E-state index in [1.807, 2.05) is 12.1 Å². The molecule has 12 heavy (non-hydrogen) atoms. The van der Waals surface area contributed by atoms with Gasteiger partial charge in [0.25, 0.3) is 0 Å². The van der Waals surface area contributed by atoms with Crippen LogP contribution in [0.3, 0.4) is 0 Å². The van der Waals surface area contributed by atoms with Crippen LogP contribution < -0.4 is 5.32 Å². The summed E-state index contributed by atoms with van der Waals surface area (Å²) in [5, 5.41) is 3.08. The number of nitrogens with one attached hydrogen (secondary N) is 1. The van der Waals surface area contributed by atoms with Crippen LogP contribution in [0.25, 0.3) is 0 Å². The van der Waals surface area contributed by atoms with Crippen LogP contribution in [0.1, 0.15) is 12.2 Å². The Morgan fingerprint density at radius 2 is 2.58 bits per heavy atom. The Balaban J connectivity index is 1.73. The molecule has 1 aromatic rings. The molecule has 1 amide bonds. The fourth-order valence-corrected chi connectivity index (χ4v) is 2.02. The van der Waals surface area contributed by atoms with Gasteiger partial charge in [0.05, 0.1) is 23.8 Å². The number of furan rings is 1. The van der Waals surface area contributed by atoms with Gasteiger partial charge < -0.3 is 9.73 Å². The van der Waals surface area contributed by atoms with Crippen molar-refractivity contribution in [3.63, 3.8) is 0 Å². The molecule has 0 aromatic carbocycles. The van der Waals surface area contributed by atoms with Crippen molar-refractivity contribution in [2.45, 2.75) is 17.5 Å². The van der Waals surface area contributed by atoms with Gasteiger partial charge >= 0.3 is 0 Å². The fourth-order valence-electron chi connectivity index (χ4n) is 1.00. The van der Waals surface area contributed by atoms with Gasteiger partial charge in [-0.1, -0.05) is 0 Å². The molecule has 0 spiro atoms. The summed E-state index contributed by atoms with van der Waals surface area (Å²) >= 11 is 1.70. The maximum Gasteiger partial charge on any atom is 0.223 e. The van der Waals surface area contributed by atoms with Crippen LogP contribution in [0, 0.1) is 0 Å². The van der Waals surface area contributed by atoms with Crippen molar-refractivity contribution in [2.75, 3.05) is 0 Å². The van der Waals surface area contributed by atoms with Gasteiger partial charge in [-0.25, -0.2) is 0 Å². The standard InChI is InChI=1S/C8H9NO2S/c10-7-4-8(9-7)12-5-6-2-1-3-11-6/h1-3,8H,4-5H2,(H,9,10). The molecule has 1 aliphatic rings. The lowest BCUT2D eigenvalue weighted by Crippen LogP contribution is -2.46. The summed E-state index contributed by atoms with van der Waals surface area (Å²) in [6.45, 7) is 0. The molecule has 1 saturated heterocycles. The number of amides is 1. The minimum absolute atomic E-state index is 0.145. The smallest absolute Gasteiger partial charge is 0.223 e. The molecular weight excluding hydrogens is 174 g/mol. The largest absolute Gasteiger partial charge is 0.468 e. The first-order valence-electron chi connectivity index (χ1n) is 3.78. The van der Waals surface area contributed by atoms with E-state index in [9.17, 15) is 4.79 Å². The summed E-state index contributed by atoms with van der Waals surface area (Å²) in [5.74, 6) is 1.94. The van der Waals surface area contributed by atoms with Gasteiger partial charge in [0.1, 0.15) is 5.76 Å². The summed E-state index contributed by atoms with van der Waals surface area (Å²) in [5.41, 5.74) is 0. The van der Waals surface area contributed by atoms with Gasteiger partial charge in [0.2, 0.25) is 5.91 Å². The average Bonchev–Trinajstić information content (AvgIpc) is 2.47. The van der Waals surface area contributed by atoms with Crippen molar-refractivity contribution in [1.29, 1.82) is 0 Å². The maximum atomic E-state index is 10.5. The zero-order valence-corrected chi connectivity index (χ0v) is 7.26. The van der Waals surface area contributed by atoms with Gasteiger partial charge in [0, 0.05) is 0 Å². The van der Waals surface area contributed by atoms with Crippen LogP contribution in [0.5, 0.6) is 0 Å². The molecule has 1 unspecified atom stereocenters. The zero-order valence-electron chi connectivity index (χ0n) is 6.45. The molecule has 0 saturated carbocycles. The first-order valence-corrected chi connectivity index (χ1v) is 4.83. The maximum absolute atomic E-state index is 10.5. The van der Waals surface area contributed by atoms with Crippen LogP contribution >= 0.6 is 11.8 Å². The van der Waals surface area contributed by atoms with Crippen molar-refractivity contribution in [2.24, 2.45) is 0 Å². The lowest BCUT2D eigenvalue weighted by Gasteiger charge is -2.25. The predicted octanol–water partition coefficient (Wildman–Crippen LogP) is 1.36. The molecule has 2 rings (SSSR count). The van der Waals surface area contributed by atoms with E-state index in [0.717, 1.165) is 11.5 Å². The molecule has 0 radical (unpaired) electrons. The SMILES string of the molecule is O=C1CC(SCc2ccco2)N1. The second-order valence-corrected chi connectivity index (χ2v) is 3.84. The van der Waals surface area contributed by atoms with Gasteiger partial charge in [-0.05, 0) is 12.1 Å². The lowest BCUT2D eigenvalue weighted by molar-refractivity contribution is -0.126. The Hall–Kier alpha value is -0.900. The third-order valence-electron chi connectivity index (χ3n) is 1.70. The highest BCUT2D eigenvalue weighted by atomic mass is 32.2. The second-order valence-electron chi connectivity index (χ2n) is 2.65. The van der Waals surface area contributed by atoms with E-state index in [1.54, 1.807) is 18.0 Å². The minimum atomic E-state index is 0.145. The first kappa shape index (κ1) is 7.73. The zero-order chi connectivity index (χ0) is 8.39. The summed E-state index contributed by atoms with van der Waals surface area (Å²) in [6.07, 6.45) is 2.31. The molecule has 1 N–H and O–H groups in total. The van der Waals surface area contributed by atoms with Gasteiger partial charge in [0.15, 0.2) is 0 Å². The molecule has 64 valence electrons. The van der Waals surface area contributed by atoms with Crippen molar-refractivity contribution in [3.8, 4) is 0 Å². The summed E-state index contributed by atoms with van der Waals surface area (Å²) < 4.78 is 5.15. The normalized spacial score (nSPS) is 21.7. The monoisotopic (exact) mass is 183 g/mol. The number of β-lactam (4-membered cyclic amide) rings is 1. The summed E-state index contributed by atoms with van der Waals surface area (Å²) in [6, 6.07) is 3.81. The topological polar surface area (TPSA) is 42.2 Å². The Kier molecular flexibility index (Phi) is 2.08. The van der Waals surface area contributed by atoms with Crippen molar-refractivity contribution in [3.05, 3.63) is 24.2 Å². The van der Waals surface area contributed by atoms with Crippen LogP contribution in [-0.2, 0) is 10.5 Å². The van der Waals surface area contributed by atoms with E-state index in [0.29, 0.717) is 11.8 Å². The van der Waals surface area contributed by atoms with Crippen LogP contribution in [0.4, 0.5) is 0 Å². The number of carbonyl (C=O) groups is 1. The fraction of sp³-hybridized carbons (Fsp3) is 0.375. The molecule has 1 atom stereocenters. The molecule has 1 fully saturated rings. The van der Waals surface area contributed by atoms with E-state index in [4.69, 9.17) is 4.42 Å². The first-order chi connectivity index (χ1) is 5.84. The Morgan fingerprint density at radius 3 is 3.17 bits per heavy atom. The molecule has 0 aliphatic carbocycles. The number of hydrogen-bond donors (Lipinski definition) is 1. The third-order valence-corrected chi connectivity index (χ3v) is 2.84. The minimum Gasteiger partial charge on any atom is -0.468 e. The molecule has 0 bridgehead atoms. The number of carbonyl (C=O) groups excluding carboxylic acids is 1. The van der Waals surface area contributed by atoms with Crippen molar-refractivity contribution in [1.82, 2.24) is 5.32 Å². The van der Waals surface area contributed by atoms with Gasteiger partial charge in [-0.2, -0.15) is 0 Å². The molecular formula is C8H9NO2S. The number of rotatable bonds is 3. The average molecular weight is 183 g/mol. The van der Waals surface area contributed by atoms with E-state index in [-0.39, 0.29) is 5.91 Å². The highest BCUT2D eigenvalue weighted by Gasteiger charge is 2.25. The Labute approximate surface area is 74.5 Å². The van der Waals surface area contributed by atoms with E-state index in [1.165, 1.54) is 0 Å². The lowest BCUT2D eigenvalue weighted by atomic mass is 10.3. The van der Waals surface area contributed by atoms with E-state index in [2.05, 4.69) is 5.32 Å². The van der Waals surface area contributed by atoms with Crippen molar-refractivity contribution >= 4 is 17.7 Å². The molecule has 1 aliphatic heterocycles. The predicted molar refractivity (Wildman–Crippen MR) is 46.6 cm³/mol. The number of hydrogen-bond acceptors (Lipinski definition) is 3. The van der Waals surface area contributed by atoms with Crippen molar-refractivity contribution < 1.29 is 9.21 Å². The highest BCUT2D eigenvalue weighted by Crippen LogP contribution is 2.23. The van der Waals surface area contributed by atoms with Crippen LogP contribution in [-0.4, -0.2) is 11.3 Å². The van der Waals surface area contributed by atoms with E-state index >= 15 is 0 Å². The number of thioether (sulfide) groups is 1. The Morgan fingerprint density at radius 1 is 1.75 bits per heavy atom. The summed E-state index contributed by atoms with van der Waals surface area (Å²) in [4.78, 5) is 10.5. The second kappa shape index (κ2) is 3.23. The van der Waals surface area contributed by atoms with E-state index < -0.39 is 0 Å². The van der Waals surface area contributed by atoms with Gasteiger partial charge in [-0.3, -0.25) is 4.79 Å². The third kappa shape index (κ3) is 1.64. The highest BCUT2D eigenvalue weighted by molar-refractivity contribution is 7.99. The van der Waals surface area contributed by atoms with Crippen LogP contribution in [0.2, 0.25) is 0 Å².